The molecule has 1 unspecified atom stereocenters. The molecule has 0 radical (unpaired) electrons. The molecular weight excluding hydrogens is 246 g/mol. The maximum Gasteiger partial charge on any atom is 0.123 e. The highest BCUT2D eigenvalue weighted by Crippen LogP contribution is 2.30. The highest BCUT2D eigenvalue weighted by atomic mass is 15.1. The number of benzene rings is 1. The molecule has 2 N–H and O–H groups in total. The first kappa shape index (κ1) is 13.4. The Balaban J connectivity index is 1.97. The first-order valence-corrected chi connectivity index (χ1v) is 7.63. The molecule has 106 valence electrons. The number of nitrogens with zero attached hydrogens (tertiary/aromatic N) is 2. The Morgan fingerprint density at radius 1 is 1.30 bits per heavy atom. The van der Waals surface area contributed by atoms with Gasteiger partial charge < -0.3 is 10.3 Å². The third kappa shape index (κ3) is 2.16. The van der Waals surface area contributed by atoms with Crippen molar-refractivity contribution in [2.75, 3.05) is 0 Å². The number of hydrogen-bond donors (Lipinski definition) is 1. The summed E-state index contributed by atoms with van der Waals surface area (Å²) >= 11 is 0. The average molecular weight is 269 g/mol. The van der Waals surface area contributed by atoms with Crippen LogP contribution in [-0.2, 0) is 19.5 Å². The van der Waals surface area contributed by atoms with Crippen LogP contribution in [0.5, 0.6) is 0 Å². The van der Waals surface area contributed by atoms with Crippen LogP contribution < -0.4 is 5.73 Å². The predicted octanol–water partition coefficient (Wildman–Crippen LogP) is 3.47. The van der Waals surface area contributed by atoms with Gasteiger partial charge in [-0.25, -0.2) is 4.98 Å². The van der Waals surface area contributed by atoms with Gasteiger partial charge >= 0.3 is 0 Å². The molecule has 0 fully saturated rings. The van der Waals surface area contributed by atoms with E-state index in [-0.39, 0.29) is 0 Å². The molecule has 1 atom stereocenters. The van der Waals surface area contributed by atoms with Gasteiger partial charge in [-0.3, -0.25) is 0 Å². The van der Waals surface area contributed by atoms with Crippen LogP contribution in [0.2, 0.25) is 0 Å². The number of rotatable bonds is 4. The summed E-state index contributed by atoms with van der Waals surface area (Å²) in [5.74, 6) is 1.65. The summed E-state index contributed by atoms with van der Waals surface area (Å²) in [5, 5.41) is 0. The molecule has 0 aliphatic carbocycles. The van der Waals surface area contributed by atoms with Gasteiger partial charge in [0.1, 0.15) is 5.82 Å². The van der Waals surface area contributed by atoms with E-state index in [1.54, 1.807) is 0 Å². The molecule has 20 heavy (non-hydrogen) atoms. The van der Waals surface area contributed by atoms with Crippen molar-refractivity contribution in [2.45, 2.75) is 52.1 Å². The minimum atomic E-state index is 0.526. The van der Waals surface area contributed by atoms with Gasteiger partial charge in [0.15, 0.2) is 0 Å². The van der Waals surface area contributed by atoms with Crippen LogP contribution in [0.15, 0.2) is 24.3 Å². The third-order valence-corrected chi connectivity index (χ3v) is 4.50. The highest BCUT2D eigenvalue weighted by Gasteiger charge is 2.21. The van der Waals surface area contributed by atoms with Crippen LogP contribution in [0.1, 0.15) is 49.7 Å². The summed E-state index contributed by atoms with van der Waals surface area (Å²) in [4.78, 5) is 4.75. The van der Waals surface area contributed by atoms with E-state index in [4.69, 9.17) is 10.7 Å². The minimum absolute atomic E-state index is 0.526. The van der Waals surface area contributed by atoms with Crippen molar-refractivity contribution in [3.05, 3.63) is 41.3 Å². The largest absolute Gasteiger partial charge is 0.330 e. The second-order valence-electron chi connectivity index (χ2n) is 5.71. The molecule has 1 aromatic heterocycles. The molecule has 0 spiro atoms. The standard InChI is InChI=1S/C17H23N3/c1-3-12(2)13-6-8-14(9-7-13)17-15-5-4-10-20(15)16(11-18)19-17/h6-9,12H,3-5,10-11,18H2,1-2H3. The molecule has 3 heteroatoms. The maximum absolute atomic E-state index is 5.81. The van der Waals surface area contributed by atoms with E-state index in [1.807, 2.05) is 0 Å². The number of fused-ring (bicyclic) bond motifs is 1. The lowest BCUT2D eigenvalue weighted by Gasteiger charge is -2.09. The summed E-state index contributed by atoms with van der Waals surface area (Å²) in [5.41, 5.74) is 10.9. The fraction of sp³-hybridized carbons (Fsp3) is 0.471. The van der Waals surface area contributed by atoms with Crippen molar-refractivity contribution >= 4 is 0 Å². The van der Waals surface area contributed by atoms with E-state index >= 15 is 0 Å². The van der Waals surface area contributed by atoms with Crippen molar-refractivity contribution in [1.82, 2.24) is 9.55 Å². The first-order chi connectivity index (χ1) is 9.74. The predicted molar refractivity (Wildman–Crippen MR) is 82.6 cm³/mol. The number of imidazole rings is 1. The van der Waals surface area contributed by atoms with Gasteiger partial charge in [0.2, 0.25) is 0 Å². The molecular formula is C17H23N3. The first-order valence-electron chi connectivity index (χ1n) is 7.63. The maximum atomic E-state index is 5.81. The molecule has 0 bridgehead atoms. The lowest BCUT2D eigenvalue weighted by molar-refractivity contribution is 0.689. The van der Waals surface area contributed by atoms with Crippen LogP contribution in [0.3, 0.4) is 0 Å². The topological polar surface area (TPSA) is 43.8 Å². The van der Waals surface area contributed by atoms with Crippen molar-refractivity contribution < 1.29 is 0 Å². The SMILES string of the molecule is CCC(C)c1ccc(-c2nc(CN)n3c2CCC3)cc1. The van der Waals surface area contributed by atoms with Gasteiger partial charge in [-0.15, -0.1) is 0 Å². The summed E-state index contributed by atoms with van der Waals surface area (Å²) in [6.07, 6.45) is 3.51. The summed E-state index contributed by atoms with van der Waals surface area (Å²) in [7, 11) is 0. The van der Waals surface area contributed by atoms with Crippen molar-refractivity contribution in [3.63, 3.8) is 0 Å². The molecule has 0 saturated heterocycles. The van der Waals surface area contributed by atoms with Gasteiger partial charge in [0, 0.05) is 17.8 Å². The number of nitrogens with two attached hydrogens (primary N) is 1. The van der Waals surface area contributed by atoms with Crippen LogP contribution in [-0.4, -0.2) is 9.55 Å². The fourth-order valence-corrected chi connectivity index (χ4v) is 3.05. The van der Waals surface area contributed by atoms with Crippen molar-refractivity contribution in [2.24, 2.45) is 5.73 Å². The van der Waals surface area contributed by atoms with E-state index in [9.17, 15) is 0 Å². The number of aromatic nitrogens is 2. The average Bonchev–Trinajstić information content (AvgIpc) is 3.08. The van der Waals surface area contributed by atoms with E-state index in [0.717, 1.165) is 24.5 Å². The van der Waals surface area contributed by atoms with Gasteiger partial charge in [-0.05, 0) is 30.7 Å². The van der Waals surface area contributed by atoms with Crippen LogP contribution in [0, 0.1) is 0 Å². The smallest absolute Gasteiger partial charge is 0.123 e. The summed E-state index contributed by atoms with van der Waals surface area (Å²) in [6.45, 7) is 6.10. The van der Waals surface area contributed by atoms with Crippen molar-refractivity contribution in [1.29, 1.82) is 0 Å². The molecule has 0 amide bonds. The quantitative estimate of drug-likeness (QED) is 0.923. The molecule has 0 saturated carbocycles. The minimum Gasteiger partial charge on any atom is -0.330 e. The van der Waals surface area contributed by atoms with Crippen molar-refractivity contribution in [3.8, 4) is 11.3 Å². The van der Waals surface area contributed by atoms with Gasteiger partial charge in [0.25, 0.3) is 0 Å². The second kappa shape index (κ2) is 5.41. The Bertz CT molecular complexity index is 595. The zero-order chi connectivity index (χ0) is 14.1. The highest BCUT2D eigenvalue weighted by molar-refractivity contribution is 5.63. The van der Waals surface area contributed by atoms with Gasteiger partial charge in [0.05, 0.1) is 12.2 Å². The van der Waals surface area contributed by atoms with Crippen LogP contribution >= 0.6 is 0 Å². The Hall–Kier alpha value is -1.61. The molecule has 3 nitrogen and oxygen atoms in total. The van der Waals surface area contributed by atoms with E-state index < -0.39 is 0 Å². The summed E-state index contributed by atoms with van der Waals surface area (Å²) < 4.78 is 2.30. The molecule has 1 aliphatic rings. The fourth-order valence-electron chi connectivity index (χ4n) is 3.05. The molecule has 2 heterocycles. The normalized spacial score (nSPS) is 15.3. The lowest BCUT2D eigenvalue weighted by atomic mass is 9.97. The van der Waals surface area contributed by atoms with Crippen LogP contribution in [0.25, 0.3) is 11.3 Å². The van der Waals surface area contributed by atoms with E-state index in [1.165, 1.54) is 29.7 Å². The molecule has 1 aromatic carbocycles. The molecule has 1 aliphatic heterocycles. The molecule has 2 aromatic rings. The third-order valence-electron chi connectivity index (χ3n) is 4.50. The number of hydrogen-bond acceptors (Lipinski definition) is 2. The lowest BCUT2D eigenvalue weighted by Crippen LogP contribution is -2.06. The zero-order valence-corrected chi connectivity index (χ0v) is 12.4. The Kier molecular flexibility index (Phi) is 3.62. The van der Waals surface area contributed by atoms with Gasteiger partial charge in [-0.1, -0.05) is 38.1 Å². The second-order valence-corrected chi connectivity index (χ2v) is 5.71. The monoisotopic (exact) mass is 269 g/mol. The Morgan fingerprint density at radius 3 is 2.70 bits per heavy atom. The van der Waals surface area contributed by atoms with E-state index in [0.29, 0.717) is 12.5 Å². The van der Waals surface area contributed by atoms with E-state index in [2.05, 4.69) is 42.7 Å². The van der Waals surface area contributed by atoms with Gasteiger partial charge in [-0.2, -0.15) is 0 Å². The Labute approximate surface area is 120 Å². The Morgan fingerprint density at radius 2 is 2.05 bits per heavy atom. The molecule has 3 rings (SSSR count). The summed E-state index contributed by atoms with van der Waals surface area (Å²) in [6, 6.07) is 8.91. The van der Waals surface area contributed by atoms with Crippen LogP contribution in [0.4, 0.5) is 0 Å². The zero-order valence-electron chi connectivity index (χ0n) is 12.4.